The first-order valence-electron chi connectivity index (χ1n) is 3.27. The highest BCUT2D eigenvalue weighted by molar-refractivity contribution is 8.22. The number of hydrogen-bond acceptors (Lipinski definition) is 4. The lowest BCUT2D eigenvalue weighted by atomic mass is 10.8. The monoisotopic (exact) mass is 170 g/mol. The summed E-state index contributed by atoms with van der Waals surface area (Å²) in [5.41, 5.74) is 5.05. The maximum Gasteiger partial charge on any atom is 0.0650 e. The molecular formula is C5H18N2O2S. The molecule has 0 aliphatic heterocycles. The first-order valence-corrected chi connectivity index (χ1v) is 4.98. The third-order valence-electron chi connectivity index (χ3n) is 0.729. The van der Waals surface area contributed by atoms with E-state index < -0.39 is 10.8 Å². The first-order chi connectivity index (χ1) is 4.62. The second-order valence-electron chi connectivity index (χ2n) is 1.36. The molecule has 0 unspecified atom stereocenters. The molecule has 0 aliphatic carbocycles. The molecule has 0 aromatic heterocycles. The Bertz CT molecular complexity index is 70.7. The van der Waals surface area contributed by atoms with Crippen LogP contribution in [0, 0.1) is 0 Å². The zero-order chi connectivity index (χ0) is 8.62. The van der Waals surface area contributed by atoms with Gasteiger partial charge in [0, 0.05) is 13.6 Å². The van der Waals surface area contributed by atoms with E-state index in [0.29, 0.717) is 6.54 Å². The third kappa shape index (κ3) is 8.19. The van der Waals surface area contributed by atoms with Crippen molar-refractivity contribution in [3.8, 4) is 0 Å². The van der Waals surface area contributed by atoms with Crippen LogP contribution in [0.1, 0.15) is 13.8 Å². The van der Waals surface area contributed by atoms with E-state index in [1.807, 2.05) is 13.8 Å². The van der Waals surface area contributed by atoms with Crippen LogP contribution in [0.15, 0.2) is 0 Å². The highest BCUT2D eigenvalue weighted by Crippen LogP contribution is 2.30. The zero-order valence-corrected chi connectivity index (χ0v) is 7.61. The van der Waals surface area contributed by atoms with E-state index in [0.717, 1.165) is 0 Å². The second kappa shape index (κ2) is 7.30. The van der Waals surface area contributed by atoms with Crippen LogP contribution < -0.4 is 10.5 Å². The standard InChI is InChI=1S/C3H12N2O2S.C2H6/c1-5-8(6,7)3-2-4;1-2/h5-7H,2-4H2,1H3;1-2H3. The van der Waals surface area contributed by atoms with Crippen molar-refractivity contribution in [3.05, 3.63) is 0 Å². The summed E-state index contributed by atoms with van der Waals surface area (Å²) in [5.74, 6) is 0.226. The van der Waals surface area contributed by atoms with Crippen LogP contribution >= 0.6 is 10.8 Å². The zero-order valence-electron chi connectivity index (χ0n) is 6.79. The number of hydrogen-bond donors (Lipinski definition) is 4. The maximum atomic E-state index is 8.77. The van der Waals surface area contributed by atoms with Gasteiger partial charge in [0.25, 0.3) is 0 Å². The lowest BCUT2D eigenvalue weighted by molar-refractivity contribution is 0.476. The van der Waals surface area contributed by atoms with Gasteiger partial charge in [-0.25, -0.2) is 4.72 Å². The molecule has 0 atom stereocenters. The minimum atomic E-state index is -2.54. The smallest absolute Gasteiger partial charge is 0.0650 e. The van der Waals surface area contributed by atoms with Crippen molar-refractivity contribution in [1.29, 1.82) is 0 Å². The van der Waals surface area contributed by atoms with Gasteiger partial charge in [-0.05, 0) is 0 Å². The van der Waals surface area contributed by atoms with Gasteiger partial charge in [0.05, 0.1) is 5.75 Å². The van der Waals surface area contributed by atoms with Crippen LogP contribution in [0.2, 0.25) is 0 Å². The van der Waals surface area contributed by atoms with E-state index in [9.17, 15) is 0 Å². The minimum absolute atomic E-state index is 0.226. The summed E-state index contributed by atoms with van der Waals surface area (Å²) >= 11 is 0. The summed E-state index contributed by atoms with van der Waals surface area (Å²) < 4.78 is 19.9. The topological polar surface area (TPSA) is 78.5 Å². The number of nitrogens with two attached hydrogens (primary N) is 1. The van der Waals surface area contributed by atoms with Gasteiger partial charge in [-0.15, -0.1) is 10.8 Å². The normalized spacial score (nSPS) is 11.8. The summed E-state index contributed by atoms with van der Waals surface area (Å²) in [5, 5.41) is 0. The molecule has 4 nitrogen and oxygen atoms in total. The van der Waals surface area contributed by atoms with Crippen molar-refractivity contribution in [2.75, 3.05) is 19.3 Å². The Labute approximate surface area is 64.3 Å². The van der Waals surface area contributed by atoms with E-state index in [1.165, 1.54) is 7.05 Å². The molecule has 0 aromatic carbocycles. The van der Waals surface area contributed by atoms with Crippen LogP contribution in [0.3, 0.4) is 0 Å². The van der Waals surface area contributed by atoms with Crippen LogP contribution in [-0.4, -0.2) is 28.5 Å². The Morgan fingerprint density at radius 1 is 1.40 bits per heavy atom. The highest BCUT2D eigenvalue weighted by Gasteiger charge is 2.04. The Morgan fingerprint density at radius 3 is 1.90 bits per heavy atom. The van der Waals surface area contributed by atoms with E-state index in [-0.39, 0.29) is 5.75 Å². The summed E-state index contributed by atoms with van der Waals surface area (Å²) in [6.45, 7) is 4.29. The van der Waals surface area contributed by atoms with Gasteiger partial charge in [0.15, 0.2) is 0 Å². The fourth-order valence-corrected chi connectivity index (χ4v) is 0.799. The molecule has 0 bridgehead atoms. The predicted molar refractivity (Wildman–Crippen MR) is 47.2 cm³/mol. The van der Waals surface area contributed by atoms with Gasteiger partial charge in [0.2, 0.25) is 0 Å². The molecule has 0 spiro atoms. The predicted octanol–water partition coefficient (Wildman–Crippen LogP) is 0.856. The fourth-order valence-electron chi connectivity index (χ4n) is 0.266. The summed E-state index contributed by atoms with van der Waals surface area (Å²) in [7, 11) is -1.05. The van der Waals surface area contributed by atoms with Crippen LogP contribution in [0.5, 0.6) is 0 Å². The summed E-state index contributed by atoms with van der Waals surface area (Å²) in [4.78, 5) is 0. The van der Waals surface area contributed by atoms with Crippen molar-refractivity contribution in [2.24, 2.45) is 5.73 Å². The molecule has 0 fully saturated rings. The molecule has 5 N–H and O–H groups in total. The van der Waals surface area contributed by atoms with E-state index >= 15 is 0 Å². The van der Waals surface area contributed by atoms with Gasteiger partial charge < -0.3 is 5.73 Å². The molecule has 0 heterocycles. The van der Waals surface area contributed by atoms with Crippen molar-refractivity contribution in [2.45, 2.75) is 13.8 Å². The molecule has 0 radical (unpaired) electrons. The Balaban J connectivity index is 0. The van der Waals surface area contributed by atoms with Gasteiger partial charge in [-0.2, -0.15) is 0 Å². The lowest BCUT2D eigenvalue weighted by Gasteiger charge is -2.30. The van der Waals surface area contributed by atoms with Crippen molar-refractivity contribution in [3.63, 3.8) is 0 Å². The van der Waals surface area contributed by atoms with E-state index in [4.69, 9.17) is 14.8 Å². The molecule has 10 heavy (non-hydrogen) atoms. The Hall–Kier alpha value is 0.190. The number of rotatable bonds is 3. The quantitative estimate of drug-likeness (QED) is 0.506. The van der Waals surface area contributed by atoms with Crippen molar-refractivity contribution in [1.82, 2.24) is 4.72 Å². The Morgan fingerprint density at radius 2 is 1.80 bits per heavy atom. The molecule has 0 amide bonds. The highest BCUT2D eigenvalue weighted by atomic mass is 32.3. The van der Waals surface area contributed by atoms with Gasteiger partial charge >= 0.3 is 0 Å². The lowest BCUT2D eigenvalue weighted by Crippen LogP contribution is -2.22. The second-order valence-corrected chi connectivity index (χ2v) is 3.51. The molecule has 0 aromatic rings. The number of nitrogens with one attached hydrogen (secondary N) is 1. The molecular weight excluding hydrogens is 152 g/mol. The largest absolute Gasteiger partial charge is 0.329 e. The van der Waals surface area contributed by atoms with Gasteiger partial charge in [0.1, 0.15) is 0 Å². The van der Waals surface area contributed by atoms with Crippen LogP contribution in [0.4, 0.5) is 0 Å². The molecule has 66 valence electrons. The molecule has 0 aliphatic rings. The van der Waals surface area contributed by atoms with Crippen molar-refractivity contribution < 1.29 is 9.11 Å². The first kappa shape index (κ1) is 12.8. The SMILES string of the molecule is CC.CNS(O)(O)CCN. The van der Waals surface area contributed by atoms with Gasteiger partial charge in [-0.1, -0.05) is 13.8 Å². The molecule has 0 rings (SSSR count). The molecule has 0 saturated heterocycles. The van der Waals surface area contributed by atoms with Crippen molar-refractivity contribution >= 4 is 10.8 Å². The van der Waals surface area contributed by atoms with E-state index in [2.05, 4.69) is 4.72 Å². The average molecular weight is 170 g/mol. The minimum Gasteiger partial charge on any atom is -0.329 e. The summed E-state index contributed by atoms with van der Waals surface area (Å²) in [6, 6.07) is 0. The molecule has 0 saturated carbocycles. The Kier molecular flexibility index (Phi) is 9.36. The van der Waals surface area contributed by atoms with Crippen LogP contribution in [-0.2, 0) is 0 Å². The van der Waals surface area contributed by atoms with Crippen LogP contribution in [0.25, 0.3) is 0 Å². The fraction of sp³-hybridized carbons (Fsp3) is 1.00. The third-order valence-corrected chi connectivity index (χ3v) is 2.19. The van der Waals surface area contributed by atoms with Gasteiger partial charge in [-0.3, -0.25) is 9.11 Å². The van der Waals surface area contributed by atoms with E-state index in [1.54, 1.807) is 0 Å². The summed E-state index contributed by atoms with van der Waals surface area (Å²) in [6.07, 6.45) is 0. The average Bonchev–Trinajstić information content (AvgIpc) is 1.93. The maximum absolute atomic E-state index is 8.77. The molecule has 5 heteroatoms.